The van der Waals surface area contributed by atoms with Crippen molar-refractivity contribution in [2.45, 2.75) is 23.1 Å². The molecule has 2 aromatic rings. The van der Waals surface area contributed by atoms with Crippen LogP contribution in [0.4, 0.5) is 10.5 Å². The van der Waals surface area contributed by atoms with Gasteiger partial charge in [-0.3, -0.25) is 4.79 Å². The zero-order chi connectivity index (χ0) is 18.4. The summed E-state index contributed by atoms with van der Waals surface area (Å²) in [6.07, 6.45) is 1.88. The second kappa shape index (κ2) is 8.77. The van der Waals surface area contributed by atoms with Crippen LogP contribution in [0.2, 0.25) is 0 Å². The molecule has 3 amide bonds. The highest BCUT2D eigenvalue weighted by atomic mass is 32.2. The molecule has 0 saturated carbocycles. The number of furan rings is 1. The van der Waals surface area contributed by atoms with Crippen LogP contribution in [0.1, 0.15) is 12.2 Å². The summed E-state index contributed by atoms with van der Waals surface area (Å²) in [7, 11) is 0. The number of aliphatic hydroxyl groups is 1. The summed E-state index contributed by atoms with van der Waals surface area (Å²) in [5, 5.41) is 14.7. The van der Waals surface area contributed by atoms with Gasteiger partial charge in [-0.15, -0.1) is 11.8 Å². The van der Waals surface area contributed by atoms with Crippen LogP contribution in [0.25, 0.3) is 0 Å². The Balaban J connectivity index is 1.57. The Morgan fingerprint density at radius 1 is 1.35 bits per heavy atom. The fraction of sp³-hybridized carbons (Fsp3) is 0.333. The molecule has 1 aliphatic rings. The van der Waals surface area contributed by atoms with E-state index >= 15 is 0 Å². The smallest absolute Gasteiger partial charge is 0.322 e. The number of piperazine rings is 1. The van der Waals surface area contributed by atoms with E-state index in [2.05, 4.69) is 10.6 Å². The first-order chi connectivity index (χ1) is 12.7. The fourth-order valence-corrected chi connectivity index (χ4v) is 3.55. The van der Waals surface area contributed by atoms with E-state index in [1.807, 2.05) is 36.4 Å². The predicted molar refractivity (Wildman–Crippen MR) is 98.9 cm³/mol. The van der Waals surface area contributed by atoms with E-state index in [9.17, 15) is 9.59 Å². The molecule has 0 radical (unpaired) electrons. The van der Waals surface area contributed by atoms with E-state index in [0.717, 1.165) is 16.4 Å². The minimum Gasteiger partial charge on any atom is -0.468 e. The Kier molecular flexibility index (Phi) is 6.19. The first kappa shape index (κ1) is 18.3. The number of hydrogen-bond acceptors (Lipinski definition) is 5. The van der Waals surface area contributed by atoms with E-state index < -0.39 is 6.04 Å². The van der Waals surface area contributed by atoms with Gasteiger partial charge in [0.1, 0.15) is 11.8 Å². The number of rotatable bonds is 6. The van der Waals surface area contributed by atoms with Crippen molar-refractivity contribution in [1.29, 1.82) is 0 Å². The summed E-state index contributed by atoms with van der Waals surface area (Å²) in [5.41, 5.74) is 0.658. The molecule has 1 aromatic carbocycles. The van der Waals surface area contributed by atoms with Gasteiger partial charge in [-0.1, -0.05) is 0 Å². The number of carbonyl (C=O) groups excluding carboxylic acids is 2. The van der Waals surface area contributed by atoms with Gasteiger partial charge in [0.15, 0.2) is 0 Å². The van der Waals surface area contributed by atoms with Gasteiger partial charge in [0, 0.05) is 30.3 Å². The van der Waals surface area contributed by atoms with Crippen LogP contribution in [-0.2, 0) is 10.5 Å². The molecular weight excluding hydrogens is 354 g/mol. The normalized spacial score (nSPS) is 17.0. The average Bonchev–Trinajstić information content (AvgIpc) is 3.16. The highest BCUT2D eigenvalue weighted by Crippen LogP contribution is 2.24. The van der Waals surface area contributed by atoms with Crippen molar-refractivity contribution >= 4 is 29.4 Å². The molecular formula is C18H21N3O4S. The zero-order valence-electron chi connectivity index (χ0n) is 14.2. The Morgan fingerprint density at radius 3 is 2.85 bits per heavy atom. The van der Waals surface area contributed by atoms with Gasteiger partial charge in [0.2, 0.25) is 5.91 Å². The van der Waals surface area contributed by atoms with Gasteiger partial charge in [-0.05, 0) is 42.8 Å². The molecule has 1 aromatic heterocycles. The molecule has 0 bridgehead atoms. The van der Waals surface area contributed by atoms with E-state index in [-0.39, 0.29) is 25.0 Å². The highest BCUT2D eigenvalue weighted by Gasteiger charge is 2.32. The topological polar surface area (TPSA) is 94.8 Å². The Hall–Kier alpha value is -2.45. The van der Waals surface area contributed by atoms with Crippen molar-refractivity contribution in [1.82, 2.24) is 10.2 Å². The molecule has 1 unspecified atom stereocenters. The van der Waals surface area contributed by atoms with Gasteiger partial charge < -0.3 is 25.1 Å². The number of urea groups is 1. The van der Waals surface area contributed by atoms with Gasteiger partial charge in [-0.2, -0.15) is 0 Å². The van der Waals surface area contributed by atoms with Crippen LogP contribution < -0.4 is 10.6 Å². The minimum absolute atomic E-state index is 0.149. The van der Waals surface area contributed by atoms with Crippen LogP contribution in [0.5, 0.6) is 0 Å². The molecule has 3 rings (SSSR count). The molecule has 3 N–H and O–H groups in total. The second-order valence-electron chi connectivity index (χ2n) is 5.84. The third kappa shape index (κ3) is 4.59. The maximum atomic E-state index is 12.5. The third-order valence-corrected chi connectivity index (χ3v) is 5.10. The lowest BCUT2D eigenvalue weighted by Crippen LogP contribution is -2.58. The Morgan fingerprint density at radius 2 is 2.15 bits per heavy atom. The molecule has 26 heavy (non-hydrogen) atoms. The van der Waals surface area contributed by atoms with Crippen molar-refractivity contribution in [3.8, 4) is 0 Å². The number of benzene rings is 1. The third-order valence-electron chi connectivity index (χ3n) is 4.06. The summed E-state index contributed by atoms with van der Waals surface area (Å²) in [4.78, 5) is 26.9. The number of nitrogens with one attached hydrogen (secondary N) is 2. The van der Waals surface area contributed by atoms with Crippen molar-refractivity contribution < 1.29 is 19.1 Å². The molecule has 1 saturated heterocycles. The average molecular weight is 375 g/mol. The van der Waals surface area contributed by atoms with Crippen LogP contribution in [-0.4, -0.2) is 47.7 Å². The maximum Gasteiger partial charge on any atom is 0.322 e. The highest BCUT2D eigenvalue weighted by molar-refractivity contribution is 7.98. The molecule has 7 nitrogen and oxygen atoms in total. The predicted octanol–water partition coefficient (Wildman–Crippen LogP) is 2.29. The second-order valence-corrected chi connectivity index (χ2v) is 6.88. The molecule has 138 valence electrons. The number of aliphatic hydroxyl groups excluding tert-OH is 1. The largest absolute Gasteiger partial charge is 0.468 e. The molecule has 8 heteroatoms. The molecule has 0 aliphatic carbocycles. The Labute approximate surface area is 155 Å². The SMILES string of the molecule is O=C1NCCN(C(=O)Nc2ccc(SCc3ccco3)cc2)C1CCO. The van der Waals surface area contributed by atoms with E-state index in [4.69, 9.17) is 9.52 Å². The summed E-state index contributed by atoms with van der Waals surface area (Å²) >= 11 is 1.64. The molecule has 1 atom stereocenters. The van der Waals surface area contributed by atoms with E-state index in [1.165, 1.54) is 4.90 Å². The lowest BCUT2D eigenvalue weighted by Gasteiger charge is -2.34. The first-order valence-electron chi connectivity index (χ1n) is 8.39. The summed E-state index contributed by atoms with van der Waals surface area (Å²) < 4.78 is 5.30. The lowest BCUT2D eigenvalue weighted by atomic mass is 10.1. The first-order valence-corrected chi connectivity index (χ1v) is 9.37. The van der Waals surface area contributed by atoms with Crippen molar-refractivity contribution in [2.75, 3.05) is 25.0 Å². The zero-order valence-corrected chi connectivity index (χ0v) is 15.0. The van der Waals surface area contributed by atoms with Gasteiger partial charge in [0.25, 0.3) is 0 Å². The maximum absolute atomic E-state index is 12.5. The monoisotopic (exact) mass is 375 g/mol. The number of thioether (sulfide) groups is 1. The lowest BCUT2D eigenvalue weighted by molar-refractivity contribution is -0.128. The van der Waals surface area contributed by atoms with E-state index in [1.54, 1.807) is 18.0 Å². The summed E-state index contributed by atoms with van der Waals surface area (Å²) in [5.74, 6) is 1.42. The van der Waals surface area contributed by atoms with E-state index in [0.29, 0.717) is 18.8 Å². The standard InChI is InChI=1S/C18H21N3O4S/c22-10-7-16-17(23)19-8-9-21(16)18(24)20-13-3-5-15(6-4-13)26-12-14-2-1-11-25-14/h1-6,11,16,22H,7-10,12H2,(H,19,23)(H,20,24). The number of nitrogens with zero attached hydrogens (tertiary/aromatic N) is 1. The van der Waals surface area contributed by atoms with Crippen molar-refractivity contribution in [3.63, 3.8) is 0 Å². The van der Waals surface area contributed by atoms with Crippen LogP contribution in [0.15, 0.2) is 52.0 Å². The van der Waals surface area contributed by atoms with Crippen LogP contribution in [0, 0.1) is 0 Å². The Bertz CT molecular complexity index is 733. The molecule has 1 fully saturated rings. The summed E-state index contributed by atoms with van der Waals surface area (Å²) in [6, 6.07) is 10.3. The van der Waals surface area contributed by atoms with Gasteiger partial charge >= 0.3 is 6.03 Å². The number of carbonyl (C=O) groups is 2. The molecule has 0 spiro atoms. The number of anilines is 1. The quantitative estimate of drug-likeness (QED) is 0.674. The van der Waals surface area contributed by atoms with Gasteiger partial charge in [-0.25, -0.2) is 4.79 Å². The fourth-order valence-electron chi connectivity index (χ4n) is 2.75. The number of amides is 3. The summed E-state index contributed by atoms with van der Waals surface area (Å²) in [6.45, 7) is 0.680. The van der Waals surface area contributed by atoms with Crippen LogP contribution in [0.3, 0.4) is 0 Å². The van der Waals surface area contributed by atoms with Crippen molar-refractivity contribution in [3.05, 3.63) is 48.4 Å². The number of hydrogen-bond donors (Lipinski definition) is 3. The minimum atomic E-state index is -0.642. The molecule has 1 aliphatic heterocycles. The van der Waals surface area contributed by atoms with Crippen LogP contribution >= 0.6 is 11.8 Å². The van der Waals surface area contributed by atoms with Crippen molar-refractivity contribution in [2.24, 2.45) is 0 Å². The van der Waals surface area contributed by atoms with Gasteiger partial charge in [0.05, 0.1) is 12.0 Å². The molecule has 2 heterocycles.